The van der Waals surface area contributed by atoms with E-state index in [0.29, 0.717) is 23.3 Å². The number of ether oxygens (including phenoxy) is 4. The van der Waals surface area contributed by atoms with Crippen molar-refractivity contribution in [3.8, 4) is 34.8 Å². The lowest BCUT2D eigenvalue weighted by Gasteiger charge is -2.26. The zero-order valence-electron chi connectivity index (χ0n) is 16.8. The second kappa shape index (κ2) is 7.84. The van der Waals surface area contributed by atoms with Gasteiger partial charge in [-0.3, -0.25) is 0 Å². The summed E-state index contributed by atoms with van der Waals surface area (Å²) in [5.41, 5.74) is 4.31. The molecule has 0 heterocycles. The minimum Gasteiger partial charge on any atom is -0.493 e. The Morgan fingerprint density at radius 3 is 1.78 bits per heavy atom. The van der Waals surface area contributed by atoms with Gasteiger partial charge in [0.25, 0.3) is 0 Å². The molecular formula is C23H26O4. The van der Waals surface area contributed by atoms with Gasteiger partial charge in [0.1, 0.15) is 0 Å². The average molecular weight is 366 g/mol. The van der Waals surface area contributed by atoms with Crippen LogP contribution in [0.5, 0.6) is 23.0 Å². The maximum atomic E-state index is 5.53. The zero-order chi connectivity index (χ0) is 19.6. The molecule has 0 saturated heterocycles. The zero-order valence-corrected chi connectivity index (χ0v) is 16.8. The Morgan fingerprint density at radius 2 is 1.22 bits per heavy atom. The highest BCUT2D eigenvalue weighted by Gasteiger charge is 2.25. The Kier molecular flexibility index (Phi) is 5.51. The maximum absolute atomic E-state index is 5.53. The van der Waals surface area contributed by atoms with Crippen LogP contribution in [0.25, 0.3) is 0 Å². The van der Waals surface area contributed by atoms with Crippen molar-refractivity contribution >= 4 is 0 Å². The van der Waals surface area contributed by atoms with Crippen LogP contribution in [0.2, 0.25) is 0 Å². The first kappa shape index (κ1) is 19.0. The fraction of sp³-hybridized carbons (Fsp3) is 0.391. The van der Waals surface area contributed by atoms with Gasteiger partial charge >= 0.3 is 0 Å². The molecule has 0 saturated carbocycles. The van der Waals surface area contributed by atoms with E-state index in [2.05, 4.69) is 31.8 Å². The van der Waals surface area contributed by atoms with Crippen LogP contribution < -0.4 is 18.9 Å². The van der Waals surface area contributed by atoms with E-state index in [0.717, 1.165) is 29.0 Å². The van der Waals surface area contributed by atoms with Gasteiger partial charge in [-0.05, 0) is 53.6 Å². The summed E-state index contributed by atoms with van der Waals surface area (Å²) in [4.78, 5) is 0. The molecule has 0 N–H and O–H groups in total. The molecule has 0 bridgehead atoms. The third-order valence-electron chi connectivity index (χ3n) is 5.14. The number of fused-ring (bicyclic) bond motifs is 2. The summed E-state index contributed by atoms with van der Waals surface area (Å²) >= 11 is 0. The number of hydrogen-bond acceptors (Lipinski definition) is 4. The van der Waals surface area contributed by atoms with Crippen LogP contribution in [0.4, 0.5) is 0 Å². The molecule has 0 spiro atoms. The lowest BCUT2D eigenvalue weighted by atomic mass is 9.79. The smallest absolute Gasteiger partial charge is 0.161 e. The monoisotopic (exact) mass is 366 g/mol. The van der Waals surface area contributed by atoms with Gasteiger partial charge in [0.15, 0.2) is 23.0 Å². The summed E-state index contributed by atoms with van der Waals surface area (Å²) < 4.78 is 22.0. The summed E-state index contributed by atoms with van der Waals surface area (Å²) in [7, 11) is 6.61. The predicted octanol–water partition coefficient (Wildman–Crippen LogP) is 4.42. The summed E-state index contributed by atoms with van der Waals surface area (Å²) in [5, 5.41) is 0. The Balaban J connectivity index is 2.24. The summed E-state index contributed by atoms with van der Waals surface area (Å²) in [6.45, 7) is 4.47. The molecule has 0 radical (unpaired) electrons. The van der Waals surface area contributed by atoms with Crippen molar-refractivity contribution < 1.29 is 18.9 Å². The lowest BCUT2D eigenvalue weighted by Crippen LogP contribution is -2.14. The van der Waals surface area contributed by atoms with E-state index in [1.54, 1.807) is 28.4 Å². The third kappa shape index (κ3) is 3.55. The van der Waals surface area contributed by atoms with Crippen LogP contribution in [0.1, 0.15) is 42.0 Å². The first-order valence-electron chi connectivity index (χ1n) is 9.05. The third-order valence-corrected chi connectivity index (χ3v) is 5.14. The van der Waals surface area contributed by atoms with Crippen LogP contribution in [-0.2, 0) is 6.42 Å². The molecule has 1 aliphatic carbocycles. The van der Waals surface area contributed by atoms with Gasteiger partial charge in [-0.25, -0.2) is 0 Å². The van der Waals surface area contributed by atoms with Gasteiger partial charge in [0, 0.05) is 11.1 Å². The first-order chi connectivity index (χ1) is 13.0. The van der Waals surface area contributed by atoms with Crippen molar-refractivity contribution in [3.05, 3.63) is 46.5 Å². The Hall–Kier alpha value is -2.80. The normalized spacial score (nSPS) is 14.9. The van der Waals surface area contributed by atoms with Crippen molar-refractivity contribution in [3.63, 3.8) is 0 Å². The van der Waals surface area contributed by atoms with E-state index in [-0.39, 0.29) is 0 Å². The van der Waals surface area contributed by atoms with Gasteiger partial charge in [-0.2, -0.15) is 0 Å². The molecule has 0 amide bonds. The highest BCUT2D eigenvalue weighted by molar-refractivity contribution is 5.61. The first-order valence-corrected chi connectivity index (χ1v) is 9.05. The summed E-state index contributed by atoms with van der Waals surface area (Å²) in [6.07, 6.45) is 0.866. The van der Waals surface area contributed by atoms with E-state index in [1.165, 1.54) is 11.1 Å². The van der Waals surface area contributed by atoms with Crippen molar-refractivity contribution in [2.45, 2.75) is 26.2 Å². The molecule has 0 aliphatic heterocycles. The molecule has 4 heteroatoms. The van der Waals surface area contributed by atoms with Gasteiger partial charge in [-0.15, -0.1) is 0 Å². The highest BCUT2D eigenvalue weighted by atomic mass is 16.5. The minimum atomic E-state index is 0.297. The highest BCUT2D eigenvalue weighted by Crippen LogP contribution is 2.40. The number of hydrogen-bond donors (Lipinski definition) is 0. The van der Waals surface area contributed by atoms with Crippen molar-refractivity contribution in [2.75, 3.05) is 28.4 Å². The number of benzene rings is 2. The topological polar surface area (TPSA) is 36.9 Å². The van der Waals surface area contributed by atoms with E-state index in [4.69, 9.17) is 18.9 Å². The maximum Gasteiger partial charge on any atom is 0.161 e. The minimum absolute atomic E-state index is 0.297. The molecule has 3 rings (SSSR count). The van der Waals surface area contributed by atoms with E-state index >= 15 is 0 Å². The molecule has 1 atom stereocenters. The number of rotatable bonds is 5. The van der Waals surface area contributed by atoms with Gasteiger partial charge in [0.2, 0.25) is 0 Å². The predicted molar refractivity (Wildman–Crippen MR) is 106 cm³/mol. The van der Waals surface area contributed by atoms with Crippen LogP contribution in [-0.4, -0.2) is 28.4 Å². The van der Waals surface area contributed by atoms with E-state index < -0.39 is 0 Å². The van der Waals surface area contributed by atoms with Gasteiger partial charge < -0.3 is 18.9 Å². The molecule has 2 aromatic rings. The molecule has 4 nitrogen and oxygen atoms in total. The quantitative estimate of drug-likeness (QED) is 0.734. The lowest BCUT2D eigenvalue weighted by molar-refractivity contribution is 0.352. The van der Waals surface area contributed by atoms with Gasteiger partial charge in [0.05, 0.1) is 28.4 Å². The second-order valence-electron chi connectivity index (χ2n) is 6.96. The molecule has 0 fully saturated rings. The molecule has 142 valence electrons. The molecule has 1 aliphatic rings. The van der Waals surface area contributed by atoms with Crippen molar-refractivity contribution in [1.82, 2.24) is 0 Å². The molecule has 0 aromatic heterocycles. The average Bonchev–Trinajstić information content (AvgIpc) is 2.67. The number of methoxy groups -OCH3 is 4. The van der Waals surface area contributed by atoms with Crippen molar-refractivity contribution in [2.24, 2.45) is 5.92 Å². The van der Waals surface area contributed by atoms with Crippen LogP contribution in [0.15, 0.2) is 24.3 Å². The molecule has 2 aromatic carbocycles. The van der Waals surface area contributed by atoms with Crippen LogP contribution in [0, 0.1) is 17.8 Å². The summed E-state index contributed by atoms with van der Waals surface area (Å²) in [5.74, 6) is 10.2. The van der Waals surface area contributed by atoms with Crippen LogP contribution in [0.3, 0.4) is 0 Å². The summed E-state index contributed by atoms with van der Waals surface area (Å²) in [6, 6.07) is 8.05. The van der Waals surface area contributed by atoms with Gasteiger partial charge in [-0.1, -0.05) is 25.7 Å². The largest absolute Gasteiger partial charge is 0.493 e. The standard InChI is InChI=1S/C23H26O4/c1-14(2)18-9-17-12-22(26-5)20(24-3)10-15(17)7-8-16-11-21(25-4)23(27-6)13-19(16)18/h10-14,18H,9H2,1-6H3. The Labute approximate surface area is 161 Å². The van der Waals surface area contributed by atoms with E-state index in [9.17, 15) is 0 Å². The van der Waals surface area contributed by atoms with Crippen molar-refractivity contribution in [1.29, 1.82) is 0 Å². The molecule has 1 unspecified atom stereocenters. The second-order valence-corrected chi connectivity index (χ2v) is 6.96. The molecular weight excluding hydrogens is 340 g/mol. The fourth-order valence-corrected chi connectivity index (χ4v) is 3.59. The fourth-order valence-electron chi connectivity index (χ4n) is 3.59. The Bertz CT molecular complexity index is 903. The SMILES string of the molecule is COc1cc2c(cc1OC)CC(C(C)C)c1cc(OC)c(OC)cc1C#C2. The van der Waals surface area contributed by atoms with E-state index in [1.807, 2.05) is 18.2 Å². The Morgan fingerprint density at radius 1 is 0.741 bits per heavy atom. The molecule has 27 heavy (non-hydrogen) atoms. The van der Waals surface area contributed by atoms with Crippen LogP contribution >= 0.6 is 0 Å².